The zero-order valence-corrected chi connectivity index (χ0v) is 12.8. The predicted octanol–water partition coefficient (Wildman–Crippen LogP) is 0.589. The summed E-state index contributed by atoms with van der Waals surface area (Å²) in [6, 6.07) is 0.286. The number of alkyl carbamates (subject to hydrolysis) is 1. The minimum atomic E-state index is -0.497. The van der Waals surface area contributed by atoms with Gasteiger partial charge in [0.2, 0.25) is 0 Å². The van der Waals surface area contributed by atoms with Gasteiger partial charge in [-0.25, -0.2) is 4.79 Å². The number of rotatable bonds is 6. The Balaban J connectivity index is 2.34. The van der Waals surface area contributed by atoms with E-state index in [4.69, 9.17) is 10.5 Å². The van der Waals surface area contributed by atoms with Gasteiger partial charge in [0.05, 0.1) is 0 Å². The third-order valence-corrected chi connectivity index (χ3v) is 3.52. The van der Waals surface area contributed by atoms with Crippen LogP contribution in [0.4, 0.5) is 4.79 Å². The molecule has 20 heavy (non-hydrogen) atoms. The van der Waals surface area contributed by atoms with E-state index in [1.54, 1.807) is 0 Å². The van der Waals surface area contributed by atoms with Gasteiger partial charge in [0.25, 0.3) is 0 Å². The zero-order chi connectivity index (χ0) is 15.2. The van der Waals surface area contributed by atoms with Gasteiger partial charge in [0, 0.05) is 31.8 Å². The first-order valence-corrected chi connectivity index (χ1v) is 7.39. The van der Waals surface area contributed by atoms with Gasteiger partial charge in [-0.1, -0.05) is 6.42 Å². The lowest BCUT2D eigenvalue weighted by Gasteiger charge is -2.26. The van der Waals surface area contributed by atoms with Gasteiger partial charge in [0.15, 0.2) is 0 Å². The molecule has 0 aromatic rings. The third kappa shape index (κ3) is 6.07. The fraction of sp³-hybridized carbons (Fsp3) is 0.929. The van der Waals surface area contributed by atoms with E-state index in [0.717, 1.165) is 19.3 Å². The maximum atomic E-state index is 11.6. The summed E-state index contributed by atoms with van der Waals surface area (Å²) >= 11 is 0. The van der Waals surface area contributed by atoms with E-state index in [1.807, 2.05) is 20.8 Å². The first-order valence-electron chi connectivity index (χ1n) is 7.39. The summed E-state index contributed by atoms with van der Waals surface area (Å²) < 4.78 is 5.19. The predicted molar refractivity (Wildman–Crippen MR) is 78.4 cm³/mol. The van der Waals surface area contributed by atoms with Crippen molar-refractivity contribution in [1.82, 2.24) is 10.6 Å². The zero-order valence-electron chi connectivity index (χ0n) is 12.8. The molecule has 1 saturated carbocycles. The second kappa shape index (κ2) is 7.81. The second-order valence-corrected chi connectivity index (χ2v) is 6.46. The molecule has 0 radical (unpaired) electrons. The number of hydrogen-bond donors (Lipinski definition) is 4. The normalized spacial score (nSPS) is 24.4. The molecule has 0 aliphatic heterocycles. The van der Waals surface area contributed by atoms with Gasteiger partial charge >= 0.3 is 6.09 Å². The lowest BCUT2D eigenvalue weighted by atomic mass is 10.0. The Morgan fingerprint density at radius 1 is 1.45 bits per heavy atom. The Morgan fingerprint density at radius 2 is 2.15 bits per heavy atom. The van der Waals surface area contributed by atoms with Gasteiger partial charge in [-0.3, -0.25) is 0 Å². The van der Waals surface area contributed by atoms with Crippen molar-refractivity contribution in [2.75, 3.05) is 19.7 Å². The summed E-state index contributed by atoms with van der Waals surface area (Å²) in [6.07, 6.45) is 2.79. The van der Waals surface area contributed by atoms with Crippen molar-refractivity contribution in [2.45, 2.75) is 57.7 Å². The summed E-state index contributed by atoms with van der Waals surface area (Å²) in [5.74, 6) is 0.297. The maximum Gasteiger partial charge on any atom is 0.407 e. The average Bonchev–Trinajstić information content (AvgIpc) is 2.79. The van der Waals surface area contributed by atoms with E-state index in [1.165, 1.54) is 0 Å². The van der Waals surface area contributed by atoms with Crippen molar-refractivity contribution in [3.8, 4) is 0 Å². The second-order valence-electron chi connectivity index (χ2n) is 6.46. The molecule has 3 atom stereocenters. The van der Waals surface area contributed by atoms with E-state index in [0.29, 0.717) is 19.0 Å². The molecule has 5 N–H and O–H groups in total. The number of aliphatic hydroxyl groups excluding tert-OH is 1. The van der Waals surface area contributed by atoms with Crippen molar-refractivity contribution in [1.29, 1.82) is 0 Å². The molecule has 0 aromatic heterocycles. The molecule has 1 fully saturated rings. The molecule has 1 amide bonds. The summed E-state index contributed by atoms with van der Waals surface area (Å²) in [4.78, 5) is 11.6. The van der Waals surface area contributed by atoms with Crippen LogP contribution in [0.2, 0.25) is 0 Å². The van der Waals surface area contributed by atoms with E-state index in [9.17, 15) is 9.90 Å². The van der Waals surface area contributed by atoms with Crippen molar-refractivity contribution in [2.24, 2.45) is 11.7 Å². The lowest BCUT2D eigenvalue weighted by Crippen LogP contribution is -2.51. The van der Waals surface area contributed by atoms with Crippen molar-refractivity contribution in [3.05, 3.63) is 0 Å². The number of ether oxygens (including phenoxy) is 1. The summed E-state index contributed by atoms with van der Waals surface area (Å²) in [5, 5.41) is 15.5. The molecule has 0 heterocycles. The Morgan fingerprint density at radius 3 is 2.70 bits per heavy atom. The molecule has 1 rings (SSSR count). The number of nitrogens with two attached hydrogens (primary N) is 1. The van der Waals surface area contributed by atoms with Crippen LogP contribution in [-0.2, 0) is 4.74 Å². The maximum absolute atomic E-state index is 11.6. The quantitative estimate of drug-likeness (QED) is 0.573. The monoisotopic (exact) mass is 287 g/mol. The largest absolute Gasteiger partial charge is 0.444 e. The van der Waals surface area contributed by atoms with Crippen LogP contribution in [0.5, 0.6) is 0 Å². The van der Waals surface area contributed by atoms with Crippen LogP contribution in [0.3, 0.4) is 0 Å². The molecule has 0 bridgehead atoms. The molecular formula is C14H29N3O3. The minimum Gasteiger partial charge on any atom is -0.444 e. The molecule has 1 aliphatic carbocycles. The number of hydrogen-bond acceptors (Lipinski definition) is 5. The number of aliphatic hydroxyl groups is 1. The fourth-order valence-electron chi connectivity index (χ4n) is 2.51. The molecule has 0 saturated heterocycles. The van der Waals surface area contributed by atoms with Crippen molar-refractivity contribution < 1.29 is 14.6 Å². The Labute approximate surface area is 121 Å². The van der Waals surface area contributed by atoms with Gasteiger partial charge in [-0.15, -0.1) is 0 Å². The highest BCUT2D eigenvalue weighted by Crippen LogP contribution is 2.25. The molecule has 3 unspecified atom stereocenters. The number of carbonyl (C=O) groups excluding carboxylic acids is 1. The highest BCUT2D eigenvalue weighted by Gasteiger charge is 2.28. The van der Waals surface area contributed by atoms with Crippen LogP contribution in [0.1, 0.15) is 40.0 Å². The van der Waals surface area contributed by atoms with Gasteiger partial charge < -0.3 is 26.2 Å². The molecule has 6 nitrogen and oxygen atoms in total. The van der Waals surface area contributed by atoms with Gasteiger partial charge in [-0.05, 0) is 39.5 Å². The van der Waals surface area contributed by atoms with Crippen molar-refractivity contribution in [3.63, 3.8) is 0 Å². The summed E-state index contributed by atoms with van der Waals surface area (Å²) in [7, 11) is 0. The first kappa shape index (κ1) is 17.2. The van der Waals surface area contributed by atoms with Crippen LogP contribution in [0.25, 0.3) is 0 Å². The highest BCUT2D eigenvalue weighted by atomic mass is 16.6. The standard InChI is InChI=1S/C14H29N3O3/c1-14(2,3)20-13(19)16-8-11(7-15)17-12-6-4-5-10(12)9-18/h10-12,17-18H,4-9,15H2,1-3H3,(H,16,19). The van der Waals surface area contributed by atoms with Gasteiger partial charge in [0.1, 0.15) is 5.60 Å². The van der Waals surface area contributed by atoms with E-state index < -0.39 is 11.7 Å². The Hall–Kier alpha value is -0.850. The third-order valence-electron chi connectivity index (χ3n) is 3.52. The van der Waals surface area contributed by atoms with E-state index >= 15 is 0 Å². The SMILES string of the molecule is CC(C)(C)OC(=O)NCC(CN)NC1CCCC1CO. The molecule has 1 aliphatic rings. The Bertz CT molecular complexity index is 305. The van der Waals surface area contributed by atoms with E-state index in [2.05, 4.69) is 10.6 Å². The smallest absolute Gasteiger partial charge is 0.407 e. The van der Waals surface area contributed by atoms with Crippen LogP contribution in [0, 0.1) is 5.92 Å². The minimum absolute atomic E-state index is 0.000307. The lowest BCUT2D eigenvalue weighted by molar-refractivity contribution is 0.0521. The summed E-state index contributed by atoms with van der Waals surface area (Å²) in [5.41, 5.74) is 5.24. The van der Waals surface area contributed by atoms with Crippen LogP contribution >= 0.6 is 0 Å². The molecule has 118 valence electrons. The highest BCUT2D eigenvalue weighted by molar-refractivity contribution is 5.67. The molecular weight excluding hydrogens is 258 g/mol. The van der Waals surface area contributed by atoms with Crippen LogP contribution < -0.4 is 16.4 Å². The first-order chi connectivity index (χ1) is 9.35. The Kier molecular flexibility index (Phi) is 6.71. The fourth-order valence-corrected chi connectivity index (χ4v) is 2.51. The van der Waals surface area contributed by atoms with E-state index in [-0.39, 0.29) is 18.7 Å². The van der Waals surface area contributed by atoms with Crippen LogP contribution in [-0.4, -0.2) is 48.6 Å². The number of nitrogens with one attached hydrogen (secondary N) is 2. The van der Waals surface area contributed by atoms with Crippen LogP contribution in [0.15, 0.2) is 0 Å². The topological polar surface area (TPSA) is 96.6 Å². The number of carbonyl (C=O) groups is 1. The summed E-state index contributed by atoms with van der Waals surface area (Å²) in [6.45, 7) is 6.56. The van der Waals surface area contributed by atoms with Gasteiger partial charge in [-0.2, -0.15) is 0 Å². The molecule has 0 spiro atoms. The molecule has 0 aromatic carbocycles. The molecule has 6 heteroatoms. The van der Waals surface area contributed by atoms with Crippen molar-refractivity contribution >= 4 is 6.09 Å². The average molecular weight is 287 g/mol. The number of amides is 1.